The van der Waals surface area contributed by atoms with Crippen molar-refractivity contribution < 1.29 is 4.79 Å². The highest BCUT2D eigenvalue weighted by Gasteiger charge is 1.97. The van der Waals surface area contributed by atoms with Crippen LogP contribution in [0.3, 0.4) is 0 Å². The molecule has 9 heavy (non-hydrogen) atoms. The minimum atomic E-state index is -0.600. The molecule has 0 fully saturated rings. The van der Waals surface area contributed by atoms with Crippen LogP contribution in [0.25, 0.3) is 0 Å². The third-order valence-electron chi connectivity index (χ3n) is 0.524. The van der Waals surface area contributed by atoms with Crippen molar-refractivity contribution in [2.75, 3.05) is 0 Å². The largest absolute Gasteiger partial charge is 0.395 e. The van der Waals surface area contributed by atoms with Gasteiger partial charge in [-0.05, 0) is 0 Å². The van der Waals surface area contributed by atoms with Crippen LogP contribution in [0, 0.1) is 11.5 Å². The zero-order valence-corrected chi connectivity index (χ0v) is 4.64. The van der Waals surface area contributed by atoms with Crippen molar-refractivity contribution in [2.45, 2.75) is 0 Å². The van der Waals surface area contributed by atoms with E-state index < -0.39 is 5.91 Å². The molecule has 0 saturated carbocycles. The Labute approximate surface area is 52.1 Å². The van der Waals surface area contributed by atoms with Gasteiger partial charge in [-0.25, -0.2) is 5.43 Å². The first kappa shape index (κ1) is 7.30. The molecule has 0 unspecified atom stereocenters. The van der Waals surface area contributed by atoms with E-state index in [-0.39, 0.29) is 5.70 Å². The topological polar surface area (TPSA) is 90.9 Å². The van der Waals surface area contributed by atoms with Crippen molar-refractivity contribution in [1.82, 2.24) is 10.9 Å². The van der Waals surface area contributed by atoms with Gasteiger partial charge >= 0.3 is 0 Å². The Balaban J connectivity index is 3.55. The number of rotatable bonds is 2. The molecular formula is C4H6N4O. The van der Waals surface area contributed by atoms with Crippen molar-refractivity contribution in [3.8, 4) is 6.19 Å². The Kier molecular flexibility index (Phi) is 2.69. The second kappa shape index (κ2) is 3.32. The molecule has 5 nitrogen and oxygen atoms in total. The van der Waals surface area contributed by atoms with Gasteiger partial charge in [0, 0.05) is 0 Å². The van der Waals surface area contributed by atoms with Crippen LogP contribution in [-0.2, 0) is 4.79 Å². The molecule has 0 heterocycles. The molecule has 0 atom stereocenters. The summed E-state index contributed by atoms with van der Waals surface area (Å²) in [5.74, 6) is -0.600. The monoisotopic (exact) mass is 126 g/mol. The van der Waals surface area contributed by atoms with Crippen LogP contribution in [0.5, 0.6) is 0 Å². The zero-order chi connectivity index (χ0) is 7.28. The van der Waals surface area contributed by atoms with Gasteiger partial charge in [0.2, 0.25) is 0 Å². The van der Waals surface area contributed by atoms with Crippen LogP contribution in [0.1, 0.15) is 0 Å². The number of nitrogens with zero attached hydrogens (tertiary/aromatic N) is 1. The van der Waals surface area contributed by atoms with Gasteiger partial charge in [0.1, 0.15) is 0 Å². The normalized spacial score (nSPS) is 7.00. The van der Waals surface area contributed by atoms with Gasteiger partial charge in [-0.2, -0.15) is 5.26 Å². The third kappa shape index (κ3) is 2.93. The molecule has 0 aliphatic heterocycles. The molecule has 0 spiro atoms. The van der Waals surface area contributed by atoms with E-state index in [9.17, 15) is 4.79 Å². The highest BCUT2D eigenvalue weighted by molar-refractivity contribution is 5.91. The lowest BCUT2D eigenvalue weighted by molar-refractivity contribution is -0.118. The van der Waals surface area contributed by atoms with Gasteiger partial charge in [0.15, 0.2) is 6.19 Å². The Morgan fingerprint density at radius 1 is 1.78 bits per heavy atom. The summed E-state index contributed by atoms with van der Waals surface area (Å²) in [6, 6.07) is 0. The van der Waals surface area contributed by atoms with E-state index in [1.165, 1.54) is 6.19 Å². The first-order chi connectivity index (χ1) is 4.18. The molecule has 0 rings (SSSR count). The second-order valence-electron chi connectivity index (χ2n) is 1.22. The van der Waals surface area contributed by atoms with Gasteiger partial charge in [-0.15, -0.1) is 0 Å². The zero-order valence-electron chi connectivity index (χ0n) is 4.64. The highest BCUT2D eigenvalue weighted by Crippen LogP contribution is 1.71. The molecular weight excluding hydrogens is 120 g/mol. The summed E-state index contributed by atoms with van der Waals surface area (Å²) in [7, 11) is 0. The molecule has 5 heteroatoms. The molecule has 0 aromatic rings. The molecule has 48 valence electrons. The van der Waals surface area contributed by atoms with Crippen LogP contribution in [0.15, 0.2) is 12.3 Å². The minimum Gasteiger partial charge on any atom is -0.395 e. The molecule has 4 N–H and O–H groups in total. The van der Waals surface area contributed by atoms with E-state index in [1.54, 1.807) is 0 Å². The van der Waals surface area contributed by atoms with E-state index in [4.69, 9.17) is 11.0 Å². The molecule has 0 aliphatic carbocycles. The number of carbonyl (C=O) groups is 1. The smallest absolute Gasteiger partial charge is 0.285 e. The van der Waals surface area contributed by atoms with Crippen molar-refractivity contribution >= 4 is 5.91 Å². The van der Waals surface area contributed by atoms with E-state index in [2.05, 4.69) is 6.58 Å². The number of hydrogen-bond acceptors (Lipinski definition) is 4. The number of hydrazine groups is 1. The van der Waals surface area contributed by atoms with Gasteiger partial charge in [-0.1, -0.05) is 6.58 Å². The number of nitrogens with two attached hydrogens (primary N) is 1. The van der Waals surface area contributed by atoms with E-state index in [1.807, 2.05) is 10.9 Å². The van der Waals surface area contributed by atoms with Crippen molar-refractivity contribution in [2.24, 2.45) is 5.73 Å². The van der Waals surface area contributed by atoms with Crippen molar-refractivity contribution in [1.29, 1.82) is 5.26 Å². The van der Waals surface area contributed by atoms with Crippen molar-refractivity contribution in [3.63, 3.8) is 0 Å². The maximum absolute atomic E-state index is 10.4. The van der Waals surface area contributed by atoms with Gasteiger partial charge in [0.05, 0.1) is 5.70 Å². The van der Waals surface area contributed by atoms with E-state index in [0.717, 1.165) is 0 Å². The molecule has 1 amide bonds. The highest BCUT2D eigenvalue weighted by atomic mass is 16.2. The van der Waals surface area contributed by atoms with Crippen LogP contribution in [0.2, 0.25) is 0 Å². The predicted molar refractivity (Wildman–Crippen MR) is 30.2 cm³/mol. The van der Waals surface area contributed by atoms with Gasteiger partial charge in [-0.3, -0.25) is 10.2 Å². The maximum atomic E-state index is 10.4. The summed E-state index contributed by atoms with van der Waals surface area (Å²) in [5.41, 5.74) is 8.63. The molecule has 0 radical (unpaired) electrons. The van der Waals surface area contributed by atoms with Crippen molar-refractivity contribution in [3.05, 3.63) is 12.3 Å². The summed E-state index contributed by atoms with van der Waals surface area (Å²) >= 11 is 0. The fraction of sp³-hybridized carbons (Fsp3) is 0. The summed E-state index contributed by atoms with van der Waals surface area (Å²) in [4.78, 5) is 10.4. The molecule has 0 aromatic heterocycles. The lowest BCUT2D eigenvalue weighted by Crippen LogP contribution is -2.36. The second-order valence-corrected chi connectivity index (χ2v) is 1.22. The average Bonchev–Trinajstić information content (AvgIpc) is 1.82. The summed E-state index contributed by atoms with van der Waals surface area (Å²) in [6.07, 6.45) is 1.47. The predicted octanol–water partition coefficient (Wildman–Crippen LogP) is -1.44. The maximum Gasteiger partial charge on any atom is 0.285 e. The van der Waals surface area contributed by atoms with Crippen LogP contribution in [-0.4, -0.2) is 5.91 Å². The summed E-state index contributed by atoms with van der Waals surface area (Å²) in [5, 5.41) is 7.85. The Morgan fingerprint density at radius 3 is 2.67 bits per heavy atom. The Bertz CT molecular complexity index is 168. The fourth-order valence-electron chi connectivity index (χ4n) is 0.165. The first-order valence-electron chi connectivity index (χ1n) is 2.07. The third-order valence-corrected chi connectivity index (χ3v) is 0.524. The standard InChI is InChI=1S/C4H6N4O/c1-3(6)4(9)8-7-2-5/h7H,1,6H2,(H,8,9). The fourth-order valence-corrected chi connectivity index (χ4v) is 0.165. The number of hydrogen-bond donors (Lipinski definition) is 3. The van der Waals surface area contributed by atoms with Gasteiger partial charge in [0.25, 0.3) is 5.91 Å². The lowest BCUT2D eigenvalue weighted by Gasteiger charge is -1.97. The van der Waals surface area contributed by atoms with E-state index in [0.29, 0.717) is 0 Å². The Morgan fingerprint density at radius 2 is 2.33 bits per heavy atom. The summed E-state index contributed by atoms with van der Waals surface area (Å²) in [6.45, 7) is 3.12. The number of amides is 1. The van der Waals surface area contributed by atoms with Crippen LogP contribution < -0.4 is 16.6 Å². The number of nitrogens with one attached hydrogen (secondary N) is 2. The quantitative estimate of drug-likeness (QED) is 0.183. The number of nitriles is 1. The van der Waals surface area contributed by atoms with Gasteiger partial charge < -0.3 is 5.73 Å². The molecule has 0 aromatic carbocycles. The summed E-state index contributed by atoms with van der Waals surface area (Å²) < 4.78 is 0. The Hall–Kier alpha value is -1.70. The van der Waals surface area contributed by atoms with E-state index >= 15 is 0 Å². The lowest BCUT2D eigenvalue weighted by atomic mass is 10.5. The van der Waals surface area contributed by atoms with Crippen LogP contribution >= 0.6 is 0 Å². The van der Waals surface area contributed by atoms with Crippen LogP contribution in [0.4, 0.5) is 0 Å². The number of carbonyl (C=O) groups excluding carboxylic acids is 1. The first-order valence-corrected chi connectivity index (χ1v) is 2.07. The molecule has 0 aliphatic rings. The average molecular weight is 126 g/mol. The molecule has 0 bridgehead atoms. The minimum absolute atomic E-state index is 0.141. The molecule has 0 saturated heterocycles. The SMILES string of the molecule is C=C(N)C(=O)NNC#N.